The first-order valence-corrected chi connectivity index (χ1v) is 7.69. The van der Waals surface area contributed by atoms with E-state index in [1.165, 1.54) is 12.1 Å². The average Bonchev–Trinajstić information content (AvgIpc) is 1.96. The van der Waals surface area contributed by atoms with Crippen LogP contribution in [0.1, 0.15) is 0 Å². The monoisotopic (exact) mass is 265 g/mol. The largest absolute Gasteiger partial charge is 0.422 e. The lowest BCUT2D eigenvalue weighted by Crippen LogP contribution is -2.13. The van der Waals surface area contributed by atoms with Crippen LogP contribution in [-0.2, 0) is 9.13 Å². The molecule has 0 aliphatic rings. The molecule has 16 heavy (non-hydrogen) atoms. The third kappa shape index (κ3) is 5.27. The van der Waals surface area contributed by atoms with Crippen LogP contribution in [0.5, 0.6) is 5.75 Å². The van der Waals surface area contributed by atoms with E-state index in [4.69, 9.17) is 26.5 Å². The van der Waals surface area contributed by atoms with E-state index in [1.54, 1.807) is 12.1 Å². The molecule has 0 spiro atoms. The fourth-order valence-electron chi connectivity index (χ4n) is 0.989. The number of hydrogen-bond donors (Lipinski definition) is 5. The van der Waals surface area contributed by atoms with E-state index in [2.05, 4.69) is 5.09 Å². The molecule has 0 aliphatic heterocycles. The summed E-state index contributed by atoms with van der Waals surface area (Å²) in [6, 6.07) is 5.95. The van der Waals surface area contributed by atoms with Crippen molar-refractivity contribution in [1.82, 2.24) is 0 Å². The minimum atomic E-state index is -3.62. The van der Waals surface area contributed by atoms with Crippen LogP contribution in [0.3, 0.4) is 0 Å². The van der Waals surface area contributed by atoms with E-state index < -0.39 is 15.3 Å². The standard InChI is InChI=1S/C6H13N5O3P2/c7-15(8,12)11-5-2-1-3-6(4-5)14-16(9,10)13/h1-4H,(H4,9,10,13)(H5,7,8,11,12). The van der Waals surface area contributed by atoms with Gasteiger partial charge in [0.15, 0.2) is 0 Å². The molecule has 0 aromatic heterocycles. The molecule has 8 nitrogen and oxygen atoms in total. The van der Waals surface area contributed by atoms with Gasteiger partial charge in [-0.1, -0.05) is 6.07 Å². The molecule has 0 heterocycles. The van der Waals surface area contributed by atoms with Gasteiger partial charge in [0.25, 0.3) is 7.59 Å². The van der Waals surface area contributed by atoms with Crippen LogP contribution >= 0.6 is 15.3 Å². The Bertz CT molecular complexity index is 428. The molecular weight excluding hydrogens is 252 g/mol. The lowest BCUT2D eigenvalue weighted by Gasteiger charge is -2.13. The molecule has 1 aromatic carbocycles. The van der Waals surface area contributed by atoms with Crippen LogP contribution in [0.15, 0.2) is 24.3 Å². The molecule has 1 aromatic rings. The highest BCUT2D eigenvalue weighted by Crippen LogP contribution is 2.34. The van der Waals surface area contributed by atoms with Gasteiger partial charge in [0.2, 0.25) is 0 Å². The van der Waals surface area contributed by atoms with Crippen LogP contribution in [0.25, 0.3) is 0 Å². The summed E-state index contributed by atoms with van der Waals surface area (Å²) in [4.78, 5) is 0. The van der Waals surface area contributed by atoms with Crippen LogP contribution in [0, 0.1) is 0 Å². The Kier molecular flexibility index (Phi) is 3.75. The molecule has 0 atom stereocenters. The fourth-order valence-corrected chi connectivity index (χ4v) is 1.97. The normalized spacial score (nSPS) is 12.2. The molecule has 0 saturated carbocycles. The molecule has 0 aliphatic carbocycles. The predicted octanol–water partition coefficient (Wildman–Crippen LogP) is 0.528. The number of nitrogens with one attached hydrogen (secondary N) is 1. The van der Waals surface area contributed by atoms with Gasteiger partial charge in [-0.15, -0.1) is 0 Å². The first-order chi connectivity index (χ1) is 7.16. The Labute approximate surface area is 92.4 Å². The van der Waals surface area contributed by atoms with Crippen LogP contribution in [0.4, 0.5) is 5.69 Å². The fraction of sp³-hybridized carbons (Fsp3) is 0. The van der Waals surface area contributed by atoms with E-state index in [0.717, 1.165) is 0 Å². The Morgan fingerprint density at radius 2 is 1.75 bits per heavy atom. The molecule has 0 radical (unpaired) electrons. The number of anilines is 1. The van der Waals surface area contributed by atoms with Gasteiger partial charge in [-0.2, -0.15) is 0 Å². The zero-order valence-electron chi connectivity index (χ0n) is 8.24. The van der Waals surface area contributed by atoms with E-state index in [1.807, 2.05) is 0 Å². The van der Waals surface area contributed by atoms with Gasteiger partial charge in [-0.25, -0.2) is 15.6 Å². The Hall–Kier alpha value is -0.880. The number of benzene rings is 1. The number of rotatable bonds is 4. The lowest BCUT2D eigenvalue weighted by atomic mass is 10.3. The van der Waals surface area contributed by atoms with Crippen molar-refractivity contribution in [2.45, 2.75) is 0 Å². The van der Waals surface area contributed by atoms with Gasteiger partial charge in [0.05, 0.1) is 0 Å². The molecule has 1 rings (SSSR count). The van der Waals surface area contributed by atoms with Gasteiger partial charge >= 0.3 is 7.67 Å². The van der Waals surface area contributed by atoms with Crippen molar-refractivity contribution in [2.24, 2.45) is 22.0 Å². The van der Waals surface area contributed by atoms with E-state index in [0.29, 0.717) is 5.69 Å². The van der Waals surface area contributed by atoms with Gasteiger partial charge in [0, 0.05) is 11.8 Å². The van der Waals surface area contributed by atoms with Crippen molar-refractivity contribution in [1.29, 1.82) is 0 Å². The topological polar surface area (TPSA) is 159 Å². The highest BCUT2D eigenvalue weighted by atomic mass is 31.2. The van der Waals surface area contributed by atoms with Crippen molar-refractivity contribution in [3.63, 3.8) is 0 Å². The maximum absolute atomic E-state index is 11.1. The maximum Gasteiger partial charge on any atom is 0.385 e. The van der Waals surface area contributed by atoms with Crippen molar-refractivity contribution in [3.8, 4) is 5.75 Å². The van der Waals surface area contributed by atoms with E-state index in [9.17, 15) is 9.13 Å². The molecule has 0 unspecified atom stereocenters. The molecule has 0 amide bonds. The quantitative estimate of drug-likeness (QED) is 0.492. The molecule has 0 bridgehead atoms. The number of hydrogen-bond acceptors (Lipinski definition) is 3. The van der Waals surface area contributed by atoms with Gasteiger partial charge in [0.1, 0.15) is 5.75 Å². The highest BCUT2D eigenvalue weighted by Gasteiger charge is 2.12. The Morgan fingerprint density at radius 1 is 1.12 bits per heavy atom. The second-order valence-electron chi connectivity index (χ2n) is 3.09. The van der Waals surface area contributed by atoms with Crippen LogP contribution in [0.2, 0.25) is 0 Å². The minimum absolute atomic E-state index is 0.159. The second-order valence-corrected chi connectivity index (χ2v) is 6.20. The summed E-state index contributed by atoms with van der Waals surface area (Å²) in [6.45, 7) is 0. The van der Waals surface area contributed by atoms with Crippen molar-refractivity contribution in [3.05, 3.63) is 24.3 Å². The minimum Gasteiger partial charge on any atom is -0.422 e. The summed E-state index contributed by atoms with van der Waals surface area (Å²) < 4.78 is 26.8. The number of nitrogens with two attached hydrogens (primary N) is 4. The molecule has 10 heteroatoms. The van der Waals surface area contributed by atoms with Gasteiger partial charge in [-0.3, -0.25) is 15.6 Å². The SMILES string of the molecule is NP(N)(=O)Nc1cccc(OP(N)(N)=O)c1. The molecule has 0 saturated heterocycles. The smallest absolute Gasteiger partial charge is 0.385 e. The molecular formula is C6H13N5O3P2. The summed E-state index contributed by atoms with van der Waals surface area (Å²) in [5, 5.41) is 2.37. The summed E-state index contributed by atoms with van der Waals surface area (Å²) in [6.07, 6.45) is 0. The van der Waals surface area contributed by atoms with E-state index in [-0.39, 0.29) is 5.75 Å². The van der Waals surface area contributed by atoms with Gasteiger partial charge < -0.3 is 9.61 Å². The third-order valence-electron chi connectivity index (χ3n) is 1.39. The van der Waals surface area contributed by atoms with E-state index >= 15 is 0 Å². The van der Waals surface area contributed by atoms with Crippen LogP contribution in [-0.4, -0.2) is 0 Å². The molecule has 9 N–H and O–H groups in total. The summed E-state index contributed by atoms with van der Waals surface area (Å²) >= 11 is 0. The van der Waals surface area contributed by atoms with Crippen LogP contribution < -0.4 is 31.6 Å². The average molecular weight is 265 g/mol. The zero-order valence-corrected chi connectivity index (χ0v) is 10.0. The Morgan fingerprint density at radius 3 is 2.25 bits per heavy atom. The zero-order chi connectivity index (χ0) is 12.4. The lowest BCUT2D eigenvalue weighted by molar-refractivity contribution is 0.484. The summed E-state index contributed by atoms with van der Waals surface area (Å²) in [7, 11) is -7.01. The van der Waals surface area contributed by atoms with Crippen molar-refractivity contribution >= 4 is 21.0 Å². The van der Waals surface area contributed by atoms with Gasteiger partial charge in [-0.05, 0) is 12.1 Å². The molecule has 0 fully saturated rings. The molecule has 90 valence electrons. The Balaban J connectivity index is 2.88. The van der Waals surface area contributed by atoms with Crippen molar-refractivity contribution in [2.75, 3.05) is 5.09 Å². The predicted molar refractivity (Wildman–Crippen MR) is 62.7 cm³/mol. The highest BCUT2D eigenvalue weighted by molar-refractivity contribution is 7.60. The third-order valence-corrected chi connectivity index (χ3v) is 2.49. The summed E-state index contributed by atoms with van der Waals surface area (Å²) in [5.74, 6) is 0.159. The van der Waals surface area contributed by atoms with Crippen molar-refractivity contribution < 1.29 is 13.7 Å². The first kappa shape index (κ1) is 13.2. The second kappa shape index (κ2) is 4.55. The first-order valence-electron chi connectivity index (χ1n) is 4.08. The summed E-state index contributed by atoms with van der Waals surface area (Å²) in [5.41, 5.74) is 20.7. The maximum atomic E-state index is 11.1.